The van der Waals surface area contributed by atoms with Gasteiger partial charge in [0.15, 0.2) is 0 Å². The Bertz CT molecular complexity index is 518. The van der Waals surface area contributed by atoms with Crippen LogP contribution in [0.2, 0.25) is 0 Å². The summed E-state index contributed by atoms with van der Waals surface area (Å²) in [6.07, 6.45) is 2.08. The van der Waals surface area contributed by atoms with E-state index >= 15 is 0 Å². The highest BCUT2D eigenvalue weighted by Gasteiger charge is 2.24. The molecule has 1 aromatic rings. The molecule has 2 rings (SSSR count). The molecule has 0 saturated carbocycles. The number of nitriles is 1. The molecule has 1 atom stereocenters. The molecule has 1 aliphatic rings. The SMILES string of the molecule is CN(c1ccc(C#N)cc1[N+](=O)[O-])C1CCCNC1. The Balaban J connectivity index is 2.32. The van der Waals surface area contributed by atoms with Gasteiger partial charge in [-0.1, -0.05) is 0 Å². The van der Waals surface area contributed by atoms with E-state index in [4.69, 9.17) is 5.26 Å². The van der Waals surface area contributed by atoms with Crippen molar-refractivity contribution in [2.75, 3.05) is 25.0 Å². The molecule has 1 aromatic carbocycles. The van der Waals surface area contributed by atoms with E-state index in [1.54, 1.807) is 12.1 Å². The molecule has 6 heteroatoms. The Morgan fingerprint density at radius 3 is 2.95 bits per heavy atom. The van der Waals surface area contributed by atoms with Crippen LogP contribution in [0.15, 0.2) is 18.2 Å². The summed E-state index contributed by atoms with van der Waals surface area (Å²) in [6.45, 7) is 1.83. The molecule has 1 unspecified atom stereocenters. The lowest BCUT2D eigenvalue weighted by atomic mass is 10.0. The molecule has 1 saturated heterocycles. The van der Waals surface area contributed by atoms with E-state index in [9.17, 15) is 10.1 Å². The van der Waals surface area contributed by atoms with Crippen LogP contribution in [0.1, 0.15) is 18.4 Å². The second kappa shape index (κ2) is 5.67. The summed E-state index contributed by atoms with van der Waals surface area (Å²) in [4.78, 5) is 12.6. The summed E-state index contributed by atoms with van der Waals surface area (Å²) >= 11 is 0. The highest BCUT2D eigenvalue weighted by molar-refractivity contribution is 5.65. The number of benzene rings is 1. The second-order valence-electron chi connectivity index (χ2n) is 4.68. The number of nitro benzene ring substituents is 1. The summed E-state index contributed by atoms with van der Waals surface area (Å²) in [6, 6.07) is 6.80. The minimum absolute atomic E-state index is 0.00729. The van der Waals surface area contributed by atoms with Crippen molar-refractivity contribution in [1.29, 1.82) is 5.26 Å². The van der Waals surface area contributed by atoms with Crippen LogP contribution in [0.4, 0.5) is 11.4 Å². The lowest BCUT2D eigenvalue weighted by Gasteiger charge is -2.33. The van der Waals surface area contributed by atoms with Crippen LogP contribution in [-0.4, -0.2) is 31.1 Å². The largest absolute Gasteiger partial charge is 0.365 e. The third kappa shape index (κ3) is 2.83. The van der Waals surface area contributed by atoms with E-state index in [1.165, 1.54) is 6.07 Å². The standard InChI is InChI=1S/C13H16N4O2/c1-16(11-3-2-6-15-9-11)12-5-4-10(8-14)7-13(12)17(18)19/h4-5,7,11,15H,2-3,6,9H2,1H3. The van der Waals surface area contributed by atoms with Crippen molar-refractivity contribution >= 4 is 11.4 Å². The molecular formula is C13H16N4O2. The van der Waals surface area contributed by atoms with Crippen LogP contribution in [0.25, 0.3) is 0 Å². The van der Waals surface area contributed by atoms with Crippen LogP contribution in [0.5, 0.6) is 0 Å². The normalized spacial score (nSPS) is 18.6. The zero-order valence-corrected chi connectivity index (χ0v) is 10.8. The first-order valence-corrected chi connectivity index (χ1v) is 6.25. The van der Waals surface area contributed by atoms with Gasteiger partial charge in [-0.05, 0) is 31.5 Å². The molecule has 0 radical (unpaired) electrons. The quantitative estimate of drug-likeness (QED) is 0.660. The van der Waals surface area contributed by atoms with E-state index in [1.807, 2.05) is 18.0 Å². The number of nitro groups is 1. The van der Waals surface area contributed by atoms with E-state index in [0.717, 1.165) is 25.9 Å². The first-order valence-electron chi connectivity index (χ1n) is 6.25. The van der Waals surface area contributed by atoms with Crippen LogP contribution in [-0.2, 0) is 0 Å². The maximum atomic E-state index is 11.1. The molecule has 6 nitrogen and oxygen atoms in total. The van der Waals surface area contributed by atoms with E-state index in [2.05, 4.69) is 5.32 Å². The van der Waals surface area contributed by atoms with Gasteiger partial charge in [-0.25, -0.2) is 0 Å². The summed E-state index contributed by atoms with van der Waals surface area (Å²) in [7, 11) is 1.87. The van der Waals surface area contributed by atoms with Gasteiger partial charge in [0.2, 0.25) is 0 Å². The average molecular weight is 260 g/mol. The van der Waals surface area contributed by atoms with Gasteiger partial charge in [-0.3, -0.25) is 10.1 Å². The number of hydrogen-bond acceptors (Lipinski definition) is 5. The van der Waals surface area contributed by atoms with Crippen molar-refractivity contribution in [3.05, 3.63) is 33.9 Å². The van der Waals surface area contributed by atoms with Crippen molar-refractivity contribution in [3.63, 3.8) is 0 Å². The third-order valence-electron chi connectivity index (χ3n) is 3.50. The Hall–Kier alpha value is -2.13. The molecule has 1 aliphatic heterocycles. The van der Waals surface area contributed by atoms with Crippen molar-refractivity contribution < 1.29 is 4.92 Å². The van der Waals surface area contributed by atoms with Crippen LogP contribution < -0.4 is 10.2 Å². The van der Waals surface area contributed by atoms with Gasteiger partial charge in [0.1, 0.15) is 5.69 Å². The smallest absolute Gasteiger partial charge is 0.293 e. The lowest BCUT2D eigenvalue weighted by molar-refractivity contribution is -0.384. The van der Waals surface area contributed by atoms with Gasteiger partial charge in [0.25, 0.3) is 5.69 Å². The fraction of sp³-hybridized carbons (Fsp3) is 0.462. The van der Waals surface area contributed by atoms with Crippen LogP contribution >= 0.6 is 0 Å². The van der Waals surface area contributed by atoms with Crippen molar-refractivity contribution in [3.8, 4) is 6.07 Å². The van der Waals surface area contributed by atoms with Gasteiger partial charge in [-0.2, -0.15) is 5.26 Å². The predicted molar refractivity (Wildman–Crippen MR) is 72.1 cm³/mol. The number of hydrogen-bond donors (Lipinski definition) is 1. The predicted octanol–water partition coefficient (Wildman–Crippen LogP) is 1.65. The summed E-state index contributed by atoms with van der Waals surface area (Å²) in [5, 5.41) is 23.2. The molecule has 100 valence electrons. The highest BCUT2D eigenvalue weighted by atomic mass is 16.6. The van der Waals surface area contributed by atoms with Gasteiger partial charge < -0.3 is 10.2 Å². The second-order valence-corrected chi connectivity index (χ2v) is 4.68. The Morgan fingerprint density at radius 2 is 2.37 bits per heavy atom. The maximum Gasteiger partial charge on any atom is 0.293 e. The summed E-state index contributed by atoms with van der Waals surface area (Å²) in [5.74, 6) is 0. The number of piperidine rings is 1. The van der Waals surface area contributed by atoms with Crippen molar-refractivity contribution in [2.24, 2.45) is 0 Å². The molecule has 19 heavy (non-hydrogen) atoms. The number of anilines is 1. The highest BCUT2D eigenvalue weighted by Crippen LogP contribution is 2.30. The molecule has 0 bridgehead atoms. The first kappa shape index (κ1) is 13.3. The topological polar surface area (TPSA) is 82.2 Å². The van der Waals surface area contributed by atoms with Gasteiger partial charge in [-0.15, -0.1) is 0 Å². The monoisotopic (exact) mass is 260 g/mol. The first-order chi connectivity index (χ1) is 9.13. The molecular weight excluding hydrogens is 244 g/mol. The number of nitrogens with one attached hydrogen (secondary N) is 1. The summed E-state index contributed by atoms with van der Waals surface area (Å²) in [5.41, 5.74) is 0.871. The fourth-order valence-electron chi connectivity index (χ4n) is 2.40. The maximum absolute atomic E-state index is 11.1. The Morgan fingerprint density at radius 1 is 1.58 bits per heavy atom. The lowest BCUT2D eigenvalue weighted by Crippen LogP contribution is -2.44. The van der Waals surface area contributed by atoms with E-state index in [-0.39, 0.29) is 11.7 Å². The van der Waals surface area contributed by atoms with Gasteiger partial charge >= 0.3 is 0 Å². The van der Waals surface area contributed by atoms with Gasteiger partial charge in [0, 0.05) is 25.7 Å². The fourth-order valence-corrected chi connectivity index (χ4v) is 2.40. The number of nitrogens with zero attached hydrogens (tertiary/aromatic N) is 3. The third-order valence-corrected chi connectivity index (χ3v) is 3.50. The van der Waals surface area contributed by atoms with Crippen molar-refractivity contribution in [1.82, 2.24) is 5.32 Å². The molecule has 0 aromatic heterocycles. The van der Waals surface area contributed by atoms with E-state index < -0.39 is 4.92 Å². The number of rotatable bonds is 3. The number of likely N-dealkylation sites (N-methyl/N-ethyl adjacent to an activating group) is 1. The van der Waals surface area contributed by atoms with E-state index in [0.29, 0.717) is 11.3 Å². The van der Waals surface area contributed by atoms with Crippen LogP contribution in [0, 0.1) is 21.4 Å². The minimum atomic E-state index is -0.428. The Kier molecular flexibility index (Phi) is 3.97. The molecule has 1 N–H and O–H groups in total. The van der Waals surface area contributed by atoms with Crippen molar-refractivity contribution in [2.45, 2.75) is 18.9 Å². The molecule has 0 aliphatic carbocycles. The summed E-state index contributed by atoms with van der Waals surface area (Å²) < 4.78 is 0. The van der Waals surface area contributed by atoms with Gasteiger partial charge in [0.05, 0.1) is 16.6 Å². The molecule has 0 amide bonds. The Labute approximate surface area is 111 Å². The van der Waals surface area contributed by atoms with Crippen LogP contribution in [0.3, 0.4) is 0 Å². The minimum Gasteiger partial charge on any atom is -0.365 e. The molecule has 0 spiro atoms. The zero-order valence-electron chi connectivity index (χ0n) is 10.8. The average Bonchev–Trinajstić information content (AvgIpc) is 2.46. The molecule has 1 heterocycles. The zero-order chi connectivity index (χ0) is 13.8. The molecule has 1 fully saturated rings.